The molecule has 1 aliphatic carbocycles. The molecule has 0 bridgehead atoms. The van der Waals surface area contributed by atoms with E-state index in [0.717, 1.165) is 38.8 Å². The van der Waals surface area contributed by atoms with Crippen LogP contribution in [0, 0.1) is 0 Å². The molecule has 0 atom stereocenters. The van der Waals surface area contributed by atoms with E-state index in [1.807, 2.05) is 66.7 Å². The molecule has 0 radical (unpaired) electrons. The lowest BCUT2D eigenvalue weighted by Crippen LogP contribution is -2.02. The number of ketones is 1. The Labute approximate surface area is 156 Å². The molecule has 1 N–H and O–H groups in total. The normalized spacial score (nSPS) is 12.1. The summed E-state index contributed by atoms with van der Waals surface area (Å²) in [6.45, 7) is 0. The SMILES string of the molecule is O=C1c2ccccc2-c2c1c(Nc1ccccc1Cl)cc1ccccc21. The van der Waals surface area contributed by atoms with Crippen LogP contribution in [-0.4, -0.2) is 5.78 Å². The molecular formula is C23H14ClNO. The summed E-state index contributed by atoms with van der Waals surface area (Å²) in [4.78, 5) is 13.2. The fourth-order valence-corrected chi connectivity index (χ4v) is 3.89. The first-order chi connectivity index (χ1) is 12.7. The fraction of sp³-hybridized carbons (Fsp3) is 0. The van der Waals surface area contributed by atoms with Crippen molar-refractivity contribution in [3.05, 3.63) is 95.0 Å². The van der Waals surface area contributed by atoms with Gasteiger partial charge in [-0.3, -0.25) is 4.79 Å². The van der Waals surface area contributed by atoms with Crippen molar-refractivity contribution in [3.8, 4) is 11.1 Å². The first-order valence-corrected chi connectivity index (χ1v) is 8.83. The fourth-order valence-electron chi connectivity index (χ4n) is 3.70. The molecule has 0 unspecified atom stereocenters. The third kappa shape index (κ3) is 2.16. The number of hydrogen-bond acceptors (Lipinski definition) is 2. The number of fused-ring (bicyclic) bond motifs is 5. The number of carbonyl (C=O) groups excluding carboxylic acids is 1. The van der Waals surface area contributed by atoms with Crippen molar-refractivity contribution in [2.24, 2.45) is 0 Å². The van der Waals surface area contributed by atoms with Gasteiger partial charge in [-0.2, -0.15) is 0 Å². The van der Waals surface area contributed by atoms with Gasteiger partial charge in [-0.05, 0) is 34.5 Å². The number of carbonyl (C=O) groups is 1. The minimum atomic E-state index is 0.0518. The second-order valence-electron chi connectivity index (χ2n) is 6.37. The van der Waals surface area contributed by atoms with Crippen molar-refractivity contribution in [2.75, 3.05) is 5.32 Å². The van der Waals surface area contributed by atoms with Gasteiger partial charge in [0.2, 0.25) is 0 Å². The maximum atomic E-state index is 13.2. The van der Waals surface area contributed by atoms with Crippen molar-refractivity contribution in [1.29, 1.82) is 0 Å². The lowest BCUT2D eigenvalue weighted by Gasteiger charge is -2.14. The van der Waals surface area contributed by atoms with E-state index >= 15 is 0 Å². The van der Waals surface area contributed by atoms with Gasteiger partial charge in [0.1, 0.15) is 0 Å². The van der Waals surface area contributed by atoms with Crippen LogP contribution in [0.5, 0.6) is 0 Å². The second-order valence-corrected chi connectivity index (χ2v) is 6.78. The largest absolute Gasteiger partial charge is 0.354 e. The van der Waals surface area contributed by atoms with Gasteiger partial charge in [0.25, 0.3) is 0 Å². The average molecular weight is 356 g/mol. The number of nitrogens with one attached hydrogen (secondary N) is 1. The highest BCUT2D eigenvalue weighted by Crippen LogP contribution is 2.45. The predicted molar refractivity (Wildman–Crippen MR) is 108 cm³/mol. The van der Waals surface area contributed by atoms with E-state index in [9.17, 15) is 4.79 Å². The first kappa shape index (κ1) is 15.2. The van der Waals surface area contributed by atoms with E-state index < -0.39 is 0 Å². The number of rotatable bonds is 2. The Balaban J connectivity index is 1.82. The van der Waals surface area contributed by atoms with Crippen LogP contribution in [0.25, 0.3) is 21.9 Å². The summed E-state index contributed by atoms with van der Waals surface area (Å²) in [5.41, 5.74) is 5.03. The topological polar surface area (TPSA) is 29.1 Å². The molecule has 3 heteroatoms. The maximum absolute atomic E-state index is 13.2. The van der Waals surface area contributed by atoms with Gasteiger partial charge in [-0.25, -0.2) is 0 Å². The summed E-state index contributed by atoms with van der Waals surface area (Å²) in [5.74, 6) is 0.0518. The van der Waals surface area contributed by atoms with Gasteiger partial charge < -0.3 is 5.32 Å². The van der Waals surface area contributed by atoms with E-state index in [4.69, 9.17) is 11.6 Å². The highest BCUT2D eigenvalue weighted by atomic mass is 35.5. The molecule has 0 aliphatic heterocycles. The molecule has 0 aromatic heterocycles. The monoisotopic (exact) mass is 355 g/mol. The van der Waals surface area contributed by atoms with Crippen molar-refractivity contribution in [1.82, 2.24) is 0 Å². The van der Waals surface area contributed by atoms with Gasteiger partial charge >= 0.3 is 0 Å². The van der Waals surface area contributed by atoms with Gasteiger partial charge in [0, 0.05) is 11.1 Å². The van der Waals surface area contributed by atoms with E-state index in [1.54, 1.807) is 0 Å². The number of anilines is 2. The molecule has 5 rings (SSSR count). The Bertz CT molecular complexity index is 1200. The lowest BCUT2D eigenvalue weighted by atomic mass is 9.96. The molecule has 4 aromatic carbocycles. The highest BCUT2D eigenvalue weighted by Gasteiger charge is 2.31. The molecular weight excluding hydrogens is 342 g/mol. The summed E-state index contributed by atoms with van der Waals surface area (Å²) in [6.07, 6.45) is 0. The van der Waals surface area contributed by atoms with Gasteiger partial charge in [0.05, 0.1) is 22.0 Å². The van der Waals surface area contributed by atoms with Crippen molar-refractivity contribution in [2.45, 2.75) is 0 Å². The first-order valence-electron chi connectivity index (χ1n) is 8.45. The summed E-state index contributed by atoms with van der Waals surface area (Å²) < 4.78 is 0. The van der Waals surface area contributed by atoms with Crippen LogP contribution < -0.4 is 5.32 Å². The third-order valence-electron chi connectivity index (χ3n) is 4.86. The van der Waals surface area contributed by atoms with Crippen molar-refractivity contribution in [3.63, 3.8) is 0 Å². The zero-order chi connectivity index (χ0) is 17.7. The van der Waals surface area contributed by atoms with Gasteiger partial charge in [-0.15, -0.1) is 0 Å². The number of hydrogen-bond donors (Lipinski definition) is 1. The van der Waals surface area contributed by atoms with Crippen LogP contribution in [0.3, 0.4) is 0 Å². The molecule has 1 aliphatic rings. The Morgan fingerprint density at radius 1 is 0.692 bits per heavy atom. The minimum Gasteiger partial charge on any atom is -0.354 e. The zero-order valence-electron chi connectivity index (χ0n) is 13.8. The second kappa shape index (κ2) is 5.72. The highest BCUT2D eigenvalue weighted by molar-refractivity contribution is 6.33. The summed E-state index contributed by atoms with van der Waals surface area (Å²) in [5, 5.41) is 6.18. The van der Waals surface area contributed by atoms with E-state index in [2.05, 4.69) is 17.4 Å². The van der Waals surface area contributed by atoms with Crippen molar-refractivity contribution < 1.29 is 4.79 Å². The van der Waals surface area contributed by atoms with E-state index in [1.165, 1.54) is 0 Å². The van der Waals surface area contributed by atoms with Gasteiger partial charge in [-0.1, -0.05) is 72.3 Å². The van der Waals surface area contributed by atoms with Gasteiger partial charge in [0.15, 0.2) is 5.78 Å². The quantitative estimate of drug-likeness (QED) is 0.394. The molecule has 0 heterocycles. The molecule has 124 valence electrons. The molecule has 0 amide bonds. The summed E-state index contributed by atoms with van der Waals surface area (Å²) in [6, 6.07) is 25.5. The minimum absolute atomic E-state index is 0.0518. The number of para-hydroxylation sites is 1. The molecule has 26 heavy (non-hydrogen) atoms. The van der Waals surface area contributed by atoms with Crippen LogP contribution in [0.1, 0.15) is 15.9 Å². The Morgan fingerprint density at radius 2 is 1.38 bits per heavy atom. The van der Waals surface area contributed by atoms with Crippen LogP contribution in [0.2, 0.25) is 5.02 Å². The molecule has 0 saturated carbocycles. The van der Waals surface area contributed by atoms with E-state index in [-0.39, 0.29) is 5.78 Å². The maximum Gasteiger partial charge on any atom is 0.196 e. The lowest BCUT2D eigenvalue weighted by molar-refractivity contribution is 0.104. The Morgan fingerprint density at radius 3 is 2.23 bits per heavy atom. The molecule has 4 aromatic rings. The molecule has 2 nitrogen and oxygen atoms in total. The third-order valence-corrected chi connectivity index (χ3v) is 5.19. The smallest absolute Gasteiger partial charge is 0.196 e. The van der Waals surface area contributed by atoms with Crippen LogP contribution >= 0.6 is 11.6 Å². The van der Waals surface area contributed by atoms with Crippen LogP contribution in [0.15, 0.2) is 78.9 Å². The van der Waals surface area contributed by atoms with Crippen molar-refractivity contribution >= 4 is 39.5 Å². The number of benzene rings is 4. The molecule has 0 saturated heterocycles. The average Bonchev–Trinajstić information content (AvgIpc) is 2.98. The molecule has 0 fully saturated rings. The summed E-state index contributed by atoms with van der Waals surface area (Å²) >= 11 is 6.32. The van der Waals surface area contributed by atoms with Crippen LogP contribution in [0.4, 0.5) is 11.4 Å². The Hall–Kier alpha value is -3.10. The molecule has 0 spiro atoms. The summed E-state index contributed by atoms with van der Waals surface area (Å²) in [7, 11) is 0. The zero-order valence-corrected chi connectivity index (χ0v) is 14.5. The number of halogens is 1. The predicted octanol–water partition coefficient (Wildman–Crippen LogP) is 6.45. The Kier molecular flexibility index (Phi) is 3.34. The standard InChI is InChI=1S/C23H14ClNO/c24-18-11-5-6-12-19(18)25-20-13-14-7-1-2-8-15(14)21-16-9-3-4-10-17(16)23(26)22(20)21/h1-13,25H. The van der Waals surface area contributed by atoms with E-state index in [0.29, 0.717) is 10.6 Å². The van der Waals surface area contributed by atoms with Crippen LogP contribution in [-0.2, 0) is 0 Å².